The van der Waals surface area contributed by atoms with Gasteiger partial charge in [-0.15, -0.1) is 0 Å². The third-order valence-corrected chi connectivity index (χ3v) is 8.37. The zero-order chi connectivity index (χ0) is 27.7. The second-order valence-electron chi connectivity index (χ2n) is 9.90. The summed E-state index contributed by atoms with van der Waals surface area (Å²) in [6, 6.07) is 19.9. The molecule has 0 aromatic heterocycles. The van der Waals surface area contributed by atoms with Crippen molar-refractivity contribution in [2.75, 3.05) is 50.7 Å². The van der Waals surface area contributed by atoms with Gasteiger partial charge in [0, 0.05) is 48.9 Å². The lowest BCUT2D eigenvalue weighted by Crippen LogP contribution is -2.53. The molecule has 3 aromatic rings. The van der Waals surface area contributed by atoms with E-state index in [0.717, 1.165) is 22.7 Å². The predicted molar refractivity (Wildman–Crippen MR) is 157 cm³/mol. The topological polar surface area (TPSA) is 62.3 Å². The molecule has 1 atom stereocenters. The zero-order valence-electron chi connectivity index (χ0n) is 22.9. The smallest absolute Gasteiger partial charge is 0.264 e. The van der Waals surface area contributed by atoms with Gasteiger partial charge in [-0.05, 0) is 68.0 Å². The fraction of sp³-hybridized carbons (Fsp3) is 0.290. The second-order valence-corrected chi connectivity index (χ2v) is 11.0. The lowest BCUT2D eigenvalue weighted by molar-refractivity contribution is -0.114. The maximum Gasteiger partial charge on any atom is 0.264 e. The number of anilines is 2. The first-order valence-electron chi connectivity index (χ1n) is 13.0. The van der Waals surface area contributed by atoms with Crippen molar-refractivity contribution in [3.63, 3.8) is 0 Å². The number of benzene rings is 3. The first-order chi connectivity index (χ1) is 18.8. The Kier molecular flexibility index (Phi) is 7.57. The molecule has 0 radical (unpaired) electrons. The van der Waals surface area contributed by atoms with Crippen molar-refractivity contribution in [1.29, 1.82) is 0 Å². The molecule has 1 saturated heterocycles. The molecule has 39 heavy (non-hydrogen) atoms. The number of ether oxygens (including phenoxy) is 2. The lowest BCUT2D eigenvalue weighted by Gasteiger charge is -2.41. The molecule has 0 bridgehead atoms. The van der Waals surface area contributed by atoms with Gasteiger partial charge in [-0.25, -0.2) is 0 Å². The third kappa shape index (κ3) is 5.34. The van der Waals surface area contributed by atoms with Gasteiger partial charge in [0.25, 0.3) is 11.8 Å². The molecule has 5 rings (SSSR count). The van der Waals surface area contributed by atoms with Crippen molar-refractivity contribution in [3.8, 4) is 11.5 Å². The minimum Gasteiger partial charge on any atom is -0.493 e. The van der Waals surface area contributed by atoms with E-state index in [4.69, 9.17) is 9.47 Å². The summed E-state index contributed by atoms with van der Waals surface area (Å²) in [7, 11) is 4.93. The van der Waals surface area contributed by atoms with Crippen molar-refractivity contribution in [2.45, 2.75) is 24.8 Å². The van der Waals surface area contributed by atoms with E-state index < -0.39 is 0 Å². The standard InChI is InChI=1S/C31H33N3O4S/c1-20-6-10-24(11-7-20)34-15-14-33(19-21(34)2)30(35)23-9-13-28-25(18-23)32(3)31(36)29(39-28)17-22-8-12-26(37-4)27(16-22)38-5/h6-13,16-18,21H,14-15,19H2,1-5H3/b29-17-/t21-/m0/s1. The number of thioether (sulfide) groups is 1. The average Bonchev–Trinajstić information content (AvgIpc) is 2.95. The molecule has 202 valence electrons. The number of rotatable bonds is 5. The van der Waals surface area contributed by atoms with E-state index in [1.54, 1.807) is 26.2 Å². The Bertz CT molecular complexity index is 1440. The molecule has 2 amide bonds. The van der Waals surface area contributed by atoms with Gasteiger partial charge in [0.05, 0.1) is 24.8 Å². The first-order valence-corrected chi connectivity index (χ1v) is 13.8. The summed E-state index contributed by atoms with van der Waals surface area (Å²) in [6.07, 6.45) is 1.85. The monoisotopic (exact) mass is 543 g/mol. The van der Waals surface area contributed by atoms with Crippen molar-refractivity contribution in [2.24, 2.45) is 0 Å². The van der Waals surface area contributed by atoms with Crippen molar-refractivity contribution in [1.82, 2.24) is 4.90 Å². The Morgan fingerprint density at radius 3 is 2.41 bits per heavy atom. The number of methoxy groups -OCH3 is 2. The van der Waals surface area contributed by atoms with Crippen molar-refractivity contribution < 1.29 is 19.1 Å². The quantitative estimate of drug-likeness (QED) is 0.398. The predicted octanol–water partition coefficient (Wildman–Crippen LogP) is 5.47. The summed E-state index contributed by atoms with van der Waals surface area (Å²) in [5.41, 5.74) is 4.59. The van der Waals surface area contributed by atoms with Crippen molar-refractivity contribution in [3.05, 3.63) is 82.3 Å². The Morgan fingerprint density at radius 1 is 0.974 bits per heavy atom. The van der Waals surface area contributed by atoms with Crippen molar-refractivity contribution >= 4 is 41.0 Å². The molecule has 0 N–H and O–H groups in total. The van der Waals surface area contributed by atoms with Gasteiger partial charge in [-0.2, -0.15) is 0 Å². The number of likely N-dealkylation sites (N-methyl/N-ethyl adjacent to an activating group) is 1. The Morgan fingerprint density at radius 2 is 1.72 bits per heavy atom. The van der Waals surface area contributed by atoms with E-state index in [0.29, 0.717) is 35.1 Å². The van der Waals surface area contributed by atoms with Gasteiger partial charge >= 0.3 is 0 Å². The normalized spacial score (nSPS) is 18.3. The summed E-state index contributed by atoms with van der Waals surface area (Å²) in [6.45, 7) is 6.31. The minimum absolute atomic E-state index is 0.00859. The van der Waals surface area contributed by atoms with E-state index in [-0.39, 0.29) is 17.9 Å². The molecule has 2 heterocycles. The molecule has 2 aliphatic heterocycles. The zero-order valence-corrected chi connectivity index (χ0v) is 23.7. The van der Waals surface area contributed by atoms with Crippen LogP contribution in [0.2, 0.25) is 0 Å². The molecule has 2 aliphatic rings. The number of hydrogen-bond donors (Lipinski definition) is 0. The summed E-state index contributed by atoms with van der Waals surface area (Å²) >= 11 is 1.41. The first kappa shape index (κ1) is 26.7. The number of hydrogen-bond acceptors (Lipinski definition) is 6. The number of nitrogens with zero attached hydrogens (tertiary/aromatic N) is 3. The van der Waals surface area contributed by atoms with Crippen LogP contribution < -0.4 is 19.3 Å². The fourth-order valence-electron chi connectivity index (χ4n) is 5.07. The van der Waals surface area contributed by atoms with Gasteiger partial charge in [-0.3, -0.25) is 9.59 Å². The van der Waals surface area contributed by atoms with Crippen LogP contribution in [0.1, 0.15) is 28.4 Å². The van der Waals surface area contributed by atoms with Gasteiger partial charge < -0.3 is 24.2 Å². The SMILES string of the molecule is COc1ccc(/C=C2\Sc3ccc(C(=O)N4CCN(c5ccc(C)cc5)[C@@H](C)C4)cc3N(C)C2=O)cc1OC. The number of fused-ring (bicyclic) bond motifs is 1. The van der Waals surface area contributed by atoms with E-state index in [1.807, 2.05) is 47.4 Å². The molecule has 8 heteroatoms. The van der Waals surface area contributed by atoms with Gasteiger partial charge in [0.15, 0.2) is 11.5 Å². The number of carbonyl (C=O) groups is 2. The van der Waals surface area contributed by atoms with Gasteiger partial charge in [0.2, 0.25) is 0 Å². The molecule has 7 nitrogen and oxygen atoms in total. The van der Waals surface area contributed by atoms with E-state index in [9.17, 15) is 9.59 Å². The fourth-order valence-corrected chi connectivity index (χ4v) is 6.16. The highest BCUT2D eigenvalue weighted by Crippen LogP contribution is 2.42. The Balaban J connectivity index is 1.32. The van der Waals surface area contributed by atoms with Crippen LogP contribution in [0.25, 0.3) is 6.08 Å². The summed E-state index contributed by atoms with van der Waals surface area (Å²) < 4.78 is 10.7. The molecular weight excluding hydrogens is 510 g/mol. The van der Waals surface area contributed by atoms with Crippen LogP contribution in [-0.2, 0) is 4.79 Å². The molecule has 1 fully saturated rings. The highest BCUT2D eigenvalue weighted by molar-refractivity contribution is 8.04. The largest absolute Gasteiger partial charge is 0.493 e. The maximum atomic E-state index is 13.5. The Hall–Kier alpha value is -3.91. The van der Waals surface area contributed by atoms with Crippen LogP contribution in [-0.4, -0.2) is 63.7 Å². The summed E-state index contributed by atoms with van der Waals surface area (Å²) in [5.74, 6) is 1.11. The van der Waals surface area contributed by atoms with Crippen LogP contribution in [0.15, 0.2) is 70.5 Å². The Labute approximate surface area is 234 Å². The lowest BCUT2D eigenvalue weighted by atomic mass is 10.1. The second kappa shape index (κ2) is 11.1. The van der Waals surface area contributed by atoms with Crippen LogP contribution in [0.3, 0.4) is 0 Å². The number of aryl methyl sites for hydroxylation is 1. The highest BCUT2D eigenvalue weighted by Gasteiger charge is 2.30. The molecule has 3 aromatic carbocycles. The molecule has 0 spiro atoms. The van der Waals surface area contributed by atoms with Crippen LogP contribution in [0.4, 0.5) is 11.4 Å². The van der Waals surface area contributed by atoms with Gasteiger partial charge in [0.1, 0.15) is 0 Å². The average molecular weight is 544 g/mol. The molecule has 0 aliphatic carbocycles. The maximum absolute atomic E-state index is 13.5. The van der Waals surface area contributed by atoms with Crippen LogP contribution in [0.5, 0.6) is 11.5 Å². The summed E-state index contributed by atoms with van der Waals surface area (Å²) in [5, 5.41) is 0. The number of piperazine rings is 1. The highest BCUT2D eigenvalue weighted by atomic mass is 32.2. The molecule has 0 unspecified atom stereocenters. The third-order valence-electron chi connectivity index (χ3n) is 7.29. The van der Waals surface area contributed by atoms with E-state index in [2.05, 4.69) is 43.0 Å². The van der Waals surface area contributed by atoms with Crippen LogP contribution >= 0.6 is 11.8 Å². The number of carbonyl (C=O) groups excluding carboxylic acids is 2. The minimum atomic E-state index is -0.118. The van der Waals surface area contributed by atoms with Gasteiger partial charge in [-0.1, -0.05) is 35.5 Å². The van der Waals surface area contributed by atoms with E-state index in [1.165, 1.54) is 23.0 Å². The molecule has 0 saturated carbocycles. The molecular formula is C31H33N3O4S. The summed E-state index contributed by atoms with van der Waals surface area (Å²) in [4.78, 5) is 34.2. The van der Waals surface area contributed by atoms with Crippen LogP contribution in [0, 0.1) is 6.92 Å². The van der Waals surface area contributed by atoms with E-state index >= 15 is 0 Å². The number of amides is 2.